The molecule has 1 saturated heterocycles. The lowest BCUT2D eigenvalue weighted by Crippen LogP contribution is -2.47. The molecular formula is C14H18N2O2S. The fourth-order valence-corrected chi connectivity index (χ4v) is 2.40. The van der Waals surface area contributed by atoms with Crippen molar-refractivity contribution < 1.29 is 9.53 Å². The first-order valence-corrected chi connectivity index (χ1v) is 6.73. The van der Waals surface area contributed by atoms with Gasteiger partial charge in [0, 0.05) is 6.61 Å². The number of rotatable bonds is 4. The summed E-state index contributed by atoms with van der Waals surface area (Å²) in [4.78, 5) is 12.6. The number of hydrogen-bond acceptors (Lipinski definition) is 3. The number of benzene rings is 1. The van der Waals surface area contributed by atoms with E-state index in [4.69, 9.17) is 22.7 Å². The molecule has 1 aliphatic heterocycles. The highest BCUT2D eigenvalue weighted by Gasteiger charge is 2.39. The van der Waals surface area contributed by atoms with E-state index in [2.05, 4.69) is 5.32 Å². The molecule has 0 spiro atoms. The van der Waals surface area contributed by atoms with Gasteiger partial charge >= 0.3 is 0 Å². The van der Waals surface area contributed by atoms with Crippen molar-refractivity contribution in [1.29, 1.82) is 0 Å². The molecule has 1 aromatic carbocycles. The summed E-state index contributed by atoms with van der Waals surface area (Å²) in [5.41, 5.74) is 5.85. The zero-order chi connectivity index (χ0) is 13.9. The van der Waals surface area contributed by atoms with E-state index >= 15 is 0 Å². The molecule has 4 nitrogen and oxygen atoms in total. The molecule has 1 heterocycles. The van der Waals surface area contributed by atoms with Gasteiger partial charge in [-0.2, -0.15) is 0 Å². The van der Waals surface area contributed by atoms with Gasteiger partial charge in [0.05, 0.1) is 0 Å². The predicted octanol–water partition coefficient (Wildman–Crippen LogP) is 1.70. The van der Waals surface area contributed by atoms with Crippen molar-refractivity contribution >= 4 is 23.1 Å². The van der Waals surface area contributed by atoms with E-state index in [1.165, 1.54) is 0 Å². The van der Waals surface area contributed by atoms with Gasteiger partial charge < -0.3 is 15.8 Å². The van der Waals surface area contributed by atoms with Crippen LogP contribution in [0.25, 0.3) is 0 Å². The molecule has 2 rings (SSSR count). The van der Waals surface area contributed by atoms with E-state index in [1.807, 2.05) is 30.3 Å². The summed E-state index contributed by atoms with van der Waals surface area (Å²) < 4.78 is 5.52. The van der Waals surface area contributed by atoms with Crippen LogP contribution in [0.15, 0.2) is 30.3 Å². The topological polar surface area (TPSA) is 64.4 Å². The van der Waals surface area contributed by atoms with Gasteiger partial charge in [-0.15, -0.1) is 0 Å². The highest BCUT2D eigenvalue weighted by molar-refractivity contribution is 7.80. The third-order valence-electron chi connectivity index (χ3n) is 3.39. The molecule has 102 valence electrons. The minimum atomic E-state index is -0.766. The van der Waals surface area contributed by atoms with Gasteiger partial charge in [0.2, 0.25) is 0 Å². The third kappa shape index (κ3) is 3.11. The Bertz CT molecular complexity index is 470. The van der Waals surface area contributed by atoms with Crippen LogP contribution in [0.1, 0.15) is 31.4 Å². The molecule has 19 heavy (non-hydrogen) atoms. The standard InChI is InChI=1S/C14H18N2O2S/c1-14(8-5-9-18-14)13(17)16-11(12(15)19)10-6-3-2-4-7-10/h2-4,6-7,11H,5,8-9H2,1H3,(H2,15,19)(H,16,17). The maximum atomic E-state index is 12.3. The van der Waals surface area contributed by atoms with E-state index in [9.17, 15) is 4.79 Å². The number of hydrogen-bond donors (Lipinski definition) is 2. The molecule has 1 aliphatic rings. The zero-order valence-electron chi connectivity index (χ0n) is 10.9. The highest BCUT2D eigenvalue weighted by Crippen LogP contribution is 2.26. The lowest BCUT2D eigenvalue weighted by Gasteiger charge is -2.26. The quantitative estimate of drug-likeness (QED) is 0.823. The molecule has 1 fully saturated rings. The Morgan fingerprint density at radius 3 is 2.68 bits per heavy atom. The van der Waals surface area contributed by atoms with Gasteiger partial charge in [-0.05, 0) is 25.3 Å². The van der Waals surface area contributed by atoms with E-state index in [1.54, 1.807) is 6.92 Å². The van der Waals surface area contributed by atoms with E-state index in [0.29, 0.717) is 6.61 Å². The second-order valence-corrected chi connectivity index (χ2v) is 5.37. The number of ether oxygens (including phenoxy) is 1. The SMILES string of the molecule is CC1(C(=O)NC(C(N)=S)c2ccccc2)CCCO1. The highest BCUT2D eigenvalue weighted by atomic mass is 32.1. The largest absolute Gasteiger partial charge is 0.391 e. The Labute approximate surface area is 118 Å². The van der Waals surface area contributed by atoms with Crippen LogP contribution in [0.3, 0.4) is 0 Å². The summed E-state index contributed by atoms with van der Waals surface area (Å²) in [5, 5.41) is 2.89. The number of nitrogens with one attached hydrogen (secondary N) is 1. The summed E-state index contributed by atoms with van der Waals surface area (Å²) in [6.45, 7) is 2.42. The van der Waals surface area contributed by atoms with Crippen molar-refractivity contribution in [3.8, 4) is 0 Å². The number of amides is 1. The molecule has 0 aliphatic carbocycles. The molecule has 3 N–H and O–H groups in total. The van der Waals surface area contributed by atoms with Gasteiger partial charge in [-0.25, -0.2) is 0 Å². The fourth-order valence-electron chi connectivity index (χ4n) is 2.21. The summed E-state index contributed by atoms with van der Waals surface area (Å²) in [6.07, 6.45) is 1.62. The number of thiocarbonyl (C=S) groups is 1. The molecule has 1 amide bonds. The maximum Gasteiger partial charge on any atom is 0.252 e. The second-order valence-electron chi connectivity index (χ2n) is 4.90. The smallest absolute Gasteiger partial charge is 0.252 e. The van der Waals surface area contributed by atoms with Crippen LogP contribution >= 0.6 is 12.2 Å². The Morgan fingerprint density at radius 1 is 1.47 bits per heavy atom. The normalized spacial score (nSPS) is 23.8. The van der Waals surface area contributed by atoms with Gasteiger partial charge in [0.1, 0.15) is 16.6 Å². The van der Waals surface area contributed by atoms with Crippen LogP contribution in [-0.4, -0.2) is 23.1 Å². The van der Waals surface area contributed by atoms with Crippen molar-refractivity contribution in [2.24, 2.45) is 5.73 Å². The van der Waals surface area contributed by atoms with Crippen LogP contribution in [0.5, 0.6) is 0 Å². The first-order chi connectivity index (χ1) is 9.03. The number of carbonyl (C=O) groups excluding carboxylic acids is 1. The summed E-state index contributed by atoms with van der Waals surface area (Å²) in [7, 11) is 0. The van der Waals surface area contributed by atoms with Gasteiger partial charge in [0.15, 0.2) is 0 Å². The van der Waals surface area contributed by atoms with Gasteiger partial charge in [0.25, 0.3) is 5.91 Å². The van der Waals surface area contributed by atoms with Gasteiger partial charge in [-0.1, -0.05) is 42.5 Å². The van der Waals surface area contributed by atoms with Crippen molar-refractivity contribution in [2.45, 2.75) is 31.4 Å². The molecule has 2 atom stereocenters. The molecule has 0 aromatic heterocycles. The molecule has 0 radical (unpaired) electrons. The Morgan fingerprint density at radius 2 is 2.16 bits per heavy atom. The van der Waals surface area contributed by atoms with Crippen molar-refractivity contribution in [3.05, 3.63) is 35.9 Å². The zero-order valence-corrected chi connectivity index (χ0v) is 11.7. The predicted molar refractivity (Wildman–Crippen MR) is 77.7 cm³/mol. The van der Waals surface area contributed by atoms with Crippen molar-refractivity contribution in [3.63, 3.8) is 0 Å². The van der Waals surface area contributed by atoms with Gasteiger partial charge in [-0.3, -0.25) is 4.79 Å². The Kier molecular flexibility index (Phi) is 4.17. The Balaban J connectivity index is 2.14. The van der Waals surface area contributed by atoms with Crippen molar-refractivity contribution in [2.75, 3.05) is 6.61 Å². The molecule has 5 heteroatoms. The maximum absolute atomic E-state index is 12.3. The first-order valence-electron chi connectivity index (χ1n) is 6.32. The number of nitrogens with two attached hydrogens (primary N) is 1. The average Bonchev–Trinajstić information content (AvgIpc) is 2.84. The van der Waals surface area contributed by atoms with Crippen LogP contribution < -0.4 is 11.1 Å². The fraction of sp³-hybridized carbons (Fsp3) is 0.429. The minimum Gasteiger partial charge on any atom is -0.391 e. The van der Waals surface area contributed by atoms with Crippen molar-refractivity contribution in [1.82, 2.24) is 5.32 Å². The minimum absolute atomic E-state index is 0.161. The summed E-state index contributed by atoms with van der Waals surface area (Å²) >= 11 is 5.05. The van der Waals surface area contributed by atoms with Crippen LogP contribution in [0, 0.1) is 0 Å². The average molecular weight is 278 g/mol. The van der Waals surface area contributed by atoms with E-state index < -0.39 is 11.6 Å². The summed E-state index contributed by atoms with van der Waals surface area (Å²) in [6, 6.07) is 9.01. The number of carbonyl (C=O) groups is 1. The van der Waals surface area contributed by atoms with E-state index in [0.717, 1.165) is 18.4 Å². The van der Waals surface area contributed by atoms with Crippen LogP contribution in [0.4, 0.5) is 0 Å². The first kappa shape index (κ1) is 14.0. The van der Waals surface area contributed by atoms with Crippen LogP contribution in [0.2, 0.25) is 0 Å². The molecule has 1 aromatic rings. The lowest BCUT2D eigenvalue weighted by molar-refractivity contribution is -0.139. The molecule has 0 saturated carbocycles. The molecular weight excluding hydrogens is 260 g/mol. The summed E-state index contributed by atoms with van der Waals surface area (Å²) in [5.74, 6) is -0.161. The Hall–Kier alpha value is -1.46. The van der Waals surface area contributed by atoms with Crippen LogP contribution in [-0.2, 0) is 9.53 Å². The van der Waals surface area contributed by atoms with E-state index in [-0.39, 0.29) is 10.9 Å². The lowest BCUT2D eigenvalue weighted by atomic mass is 10.00. The second kappa shape index (κ2) is 5.67. The molecule has 2 unspecified atom stereocenters. The molecule has 0 bridgehead atoms. The monoisotopic (exact) mass is 278 g/mol. The third-order valence-corrected chi connectivity index (χ3v) is 3.63.